The lowest BCUT2D eigenvalue weighted by Gasteiger charge is -2.18. The summed E-state index contributed by atoms with van der Waals surface area (Å²) in [5.41, 5.74) is 1.58. The molecule has 0 bridgehead atoms. The molecule has 0 aliphatic carbocycles. The van der Waals surface area contributed by atoms with Crippen LogP contribution in [0.4, 0.5) is 0 Å². The van der Waals surface area contributed by atoms with Gasteiger partial charge in [-0.05, 0) is 36.8 Å². The number of ether oxygens (including phenoxy) is 1. The smallest absolute Gasteiger partial charge is 0.197 e. The largest absolute Gasteiger partial charge is 0.493 e. The summed E-state index contributed by atoms with van der Waals surface area (Å²) in [6.45, 7) is 1.65. The van der Waals surface area contributed by atoms with Crippen LogP contribution in [-0.2, 0) is 21.2 Å². The maximum absolute atomic E-state index is 13.0. The highest BCUT2D eigenvalue weighted by Crippen LogP contribution is 2.34. The minimum absolute atomic E-state index is 0.207. The predicted octanol–water partition coefficient (Wildman–Crippen LogP) is 2.74. The van der Waals surface area contributed by atoms with Gasteiger partial charge in [0.2, 0.25) is 0 Å². The van der Waals surface area contributed by atoms with E-state index in [2.05, 4.69) is 0 Å². The fourth-order valence-electron chi connectivity index (χ4n) is 3.19. The molecule has 0 saturated heterocycles. The second-order valence-corrected chi connectivity index (χ2v) is 9.07. The van der Waals surface area contributed by atoms with Crippen molar-refractivity contribution < 1.29 is 17.9 Å². The number of hydrogen-bond acceptors (Lipinski definition) is 5. The van der Waals surface area contributed by atoms with Gasteiger partial charge in [-0.2, -0.15) is 0 Å². The van der Waals surface area contributed by atoms with E-state index in [1.165, 1.54) is 7.11 Å². The molecule has 8 heteroatoms. The van der Waals surface area contributed by atoms with E-state index in [1.54, 1.807) is 28.8 Å². The zero-order valence-electron chi connectivity index (χ0n) is 15.1. The van der Waals surface area contributed by atoms with E-state index in [-0.39, 0.29) is 17.7 Å². The third kappa shape index (κ3) is 3.70. The predicted molar refractivity (Wildman–Crippen MR) is 107 cm³/mol. The van der Waals surface area contributed by atoms with Crippen molar-refractivity contribution >= 4 is 49.0 Å². The maximum atomic E-state index is 13.0. The Morgan fingerprint density at radius 3 is 2.48 bits per heavy atom. The summed E-state index contributed by atoms with van der Waals surface area (Å²) >= 11 is 6.23. The number of Topliss-reactive ketones (excluding diaryl/α,β-unsaturated/α-hetero) is 1. The molecule has 27 heavy (non-hydrogen) atoms. The van der Waals surface area contributed by atoms with Crippen molar-refractivity contribution in [3.63, 3.8) is 0 Å². The number of halogens is 1. The quantitative estimate of drug-likeness (QED) is 0.607. The molecule has 0 atom stereocenters. The van der Waals surface area contributed by atoms with Gasteiger partial charge >= 0.3 is 0 Å². The van der Waals surface area contributed by atoms with Crippen LogP contribution in [0.25, 0.3) is 21.8 Å². The van der Waals surface area contributed by atoms with E-state index >= 15 is 0 Å². The Hall–Kier alpha value is -2.38. The van der Waals surface area contributed by atoms with Crippen LogP contribution in [0.2, 0.25) is 5.02 Å². The van der Waals surface area contributed by atoms with Crippen LogP contribution in [0.15, 0.2) is 35.1 Å². The molecule has 1 heterocycles. The Morgan fingerprint density at radius 2 is 1.85 bits per heavy atom. The van der Waals surface area contributed by atoms with Gasteiger partial charge in [-0.3, -0.25) is 9.59 Å². The Morgan fingerprint density at radius 1 is 1.19 bits per heavy atom. The van der Waals surface area contributed by atoms with Gasteiger partial charge in [0.05, 0.1) is 35.1 Å². The molecule has 0 amide bonds. The molecular weight excluding hydrogens is 390 g/mol. The van der Waals surface area contributed by atoms with Crippen LogP contribution < -0.4 is 10.2 Å². The van der Waals surface area contributed by atoms with E-state index in [1.807, 2.05) is 13.0 Å². The van der Waals surface area contributed by atoms with Crippen molar-refractivity contribution in [2.75, 3.05) is 19.1 Å². The Balaban J connectivity index is 2.43. The fourth-order valence-corrected chi connectivity index (χ4v) is 4.10. The first-order valence-corrected chi connectivity index (χ1v) is 10.5. The highest BCUT2D eigenvalue weighted by Gasteiger charge is 2.20. The van der Waals surface area contributed by atoms with Crippen molar-refractivity contribution in [1.82, 2.24) is 4.57 Å². The molecule has 0 unspecified atom stereocenters. The number of sulfone groups is 1. The van der Waals surface area contributed by atoms with Crippen molar-refractivity contribution in [2.24, 2.45) is 0 Å². The molecule has 0 aliphatic heterocycles. The van der Waals surface area contributed by atoms with Gasteiger partial charge in [-0.25, -0.2) is 8.42 Å². The molecule has 0 saturated carbocycles. The standard InChI is InChI=1S/C19H18ClNO5S/c1-11-4-5-13-16(8-11)21(9-12(22)10-27(3,24)25)17-14(18(13)23)6-7-15(20)19(17)26-2/h4-8H,9-10H2,1-3H3. The van der Waals surface area contributed by atoms with Crippen LogP contribution in [0.3, 0.4) is 0 Å². The van der Waals surface area contributed by atoms with Crippen LogP contribution in [0, 0.1) is 6.92 Å². The molecule has 0 N–H and O–H groups in total. The van der Waals surface area contributed by atoms with E-state index < -0.39 is 21.4 Å². The summed E-state index contributed by atoms with van der Waals surface area (Å²) in [7, 11) is -2.05. The molecule has 0 spiro atoms. The van der Waals surface area contributed by atoms with Crippen molar-refractivity contribution in [3.8, 4) is 5.75 Å². The van der Waals surface area contributed by atoms with Gasteiger partial charge < -0.3 is 9.30 Å². The van der Waals surface area contributed by atoms with Gasteiger partial charge in [0.1, 0.15) is 5.75 Å². The Kier molecular flexibility index (Phi) is 5.01. The number of pyridine rings is 1. The first-order valence-electron chi connectivity index (χ1n) is 8.11. The summed E-state index contributed by atoms with van der Waals surface area (Å²) in [5.74, 6) is -0.814. The SMILES string of the molecule is COc1c(Cl)ccc2c(=O)c3ccc(C)cc3n(CC(=O)CS(C)(=O)=O)c12. The summed E-state index contributed by atoms with van der Waals surface area (Å²) in [6, 6.07) is 8.44. The van der Waals surface area contributed by atoms with Gasteiger partial charge in [0.15, 0.2) is 26.8 Å². The number of carbonyl (C=O) groups excluding carboxylic acids is 1. The number of benzene rings is 2. The van der Waals surface area contributed by atoms with Gasteiger partial charge in [0, 0.05) is 11.6 Å². The third-order valence-corrected chi connectivity index (χ3v) is 5.39. The summed E-state index contributed by atoms with van der Waals surface area (Å²) < 4.78 is 30.0. The molecule has 0 fully saturated rings. The second kappa shape index (κ2) is 6.98. The minimum atomic E-state index is -3.47. The van der Waals surface area contributed by atoms with E-state index in [0.717, 1.165) is 11.8 Å². The molecule has 3 rings (SSSR count). The number of methoxy groups -OCH3 is 1. The summed E-state index contributed by atoms with van der Waals surface area (Å²) in [5, 5.41) is 1.07. The highest BCUT2D eigenvalue weighted by molar-refractivity contribution is 7.91. The number of hydrogen-bond donors (Lipinski definition) is 0. The van der Waals surface area contributed by atoms with Crippen LogP contribution in [0.1, 0.15) is 5.56 Å². The van der Waals surface area contributed by atoms with Crippen LogP contribution in [-0.4, -0.2) is 37.9 Å². The number of nitrogens with zero attached hydrogens (tertiary/aromatic N) is 1. The fraction of sp³-hybridized carbons (Fsp3) is 0.263. The molecule has 3 aromatic rings. The summed E-state index contributed by atoms with van der Waals surface area (Å²) in [6.07, 6.45) is 1.01. The minimum Gasteiger partial charge on any atom is -0.493 e. The maximum Gasteiger partial charge on any atom is 0.197 e. The molecule has 142 valence electrons. The Bertz CT molecular complexity index is 1240. The first-order chi connectivity index (χ1) is 12.6. The lowest BCUT2D eigenvalue weighted by atomic mass is 10.1. The van der Waals surface area contributed by atoms with Gasteiger partial charge in [0.25, 0.3) is 0 Å². The monoisotopic (exact) mass is 407 g/mol. The summed E-state index contributed by atoms with van der Waals surface area (Å²) in [4.78, 5) is 25.4. The third-order valence-electron chi connectivity index (χ3n) is 4.25. The number of fused-ring (bicyclic) bond motifs is 2. The number of rotatable bonds is 5. The zero-order valence-corrected chi connectivity index (χ0v) is 16.6. The van der Waals surface area contributed by atoms with Gasteiger partial charge in [-0.15, -0.1) is 0 Å². The van der Waals surface area contributed by atoms with E-state index in [0.29, 0.717) is 26.8 Å². The molecule has 2 aromatic carbocycles. The second-order valence-electron chi connectivity index (χ2n) is 6.52. The lowest BCUT2D eigenvalue weighted by Crippen LogP contribution is -2.22. The number of aryl methyl sites for hydroxylation is 1. The average molecular weight is 408 g/mol. The number of carbonyl (C=O) groups is 1. The van der Waals surface area contributed by atoms with Crippen molar-refractivity contribution in [3.05, 3.63) is 51.1 Å². The van der Waals surface area contributed by atoms with E-state index in [4.69, 9.17) is 16.3 Å². The number of ketones is 1. The van der Waals surface area contributed by atoms with E-state index in [9.17, 15) is 18.0 Å². The molecule has 0 radical (unpaired) electrons. The van der Waals surface area contributed by atoms with Crippen molar-refractivity contribution in [2.45, 2.75) is 13.5 Å². The van der Waals surface area contributed by atoms with Crippen LogP contribution >= 0.6 is 11.6 Å². The Labute approximate surface area is 161 Å². The highest BCUT2D eigenvalue weighted by atomic mass is 35.5. The molecule has 6 nitrogen and oxygen atoms in total. The van der Waals surface area contributed by atoms with Crippen LogP contribution in [0.5, 0.6) is 5.75 Å². The lowest BCUT2D eigenvalue weighted by molar-refractivity contribution is -0.117. The van der Waals surface area contributed by atoms with Crippen molar-refractivity contribution in [1.29, 1.82) is 0 Å². The molecular formula is C19H18ClNO5S. The average Bonchev–Trinajstić information content (AvgIpc) is 2.56. The zero-order chi connectivity index (χ0) is 19.9. The normalized spacial score (nSPS) is 11.9. The van der Waals surface area contributed by atoms with Gasteiger partial charge in [-0.1, -0.05) is 17.7 Å². The number of aromatic nitrogens is 1. The first kappa shape index (κ1) is 19.4. The molecule has 0 aliphatic rings. The topological polar surface area (TPSA) is 82.4 Å². The molecule has 1 aromatic heterocycles.